The largest absolute Gasteiger partial charge is 0.394 e. The van der Waals surface area contributed by atoms with Crippen molar-refractivity contribution in [2.24, 2.45) is 0 Å². The van der Waals surface area contributed by atoms with E-state index < -0.39 is 49.5 Å². The van der Waals surface area contributed by atoms with Gasteiger partial charge in [-0.15, -0.1) is 0 Å². The maximum atomic E-state index is 12.6. The number of carbonyl (C=O) groups is 1. The zero-order chi connectivity index (χ0) is 28.9. The summed E-state index contributed by atoms with van der Waals surface area (Å²) in [5, 5.41) is 52.9. The molecule has 9 heteroatoms. The van der Waals surface area contributed by atoms with E-state index in [0.29, 0.717) is 6.42 Å². The SMILES string of the molecule is CCC/C=C/C(O)C(COC1OC(CO)C(O)C(O)C1O)NC(=O)CCCCCCC/C=C\CCCCCC. The Morgan fingerprint density at radius 2 is 1.49 bits per heavy atom. The second-order valence-corrected chi connectivity index (χ2v) is 10.5. The summed E-state index contributed by atoms with van der Waals surface area (Å²) in [6, 6.07) is -0.799. The summed E-state index contributed by atoms with van der Waals surface area (Å²) in [4.78, 5) is 12.6. The lowest BCUT2D eigenvalue weighted by Gasteiger charge is -2.40. The molecule has 1 aliphatic rings. The van der Waals surface area contributed by atoms with Crippen molar-refractivity contribution in [3.8, 4) is 0 Å². The molecule has 0 bridgehead atoms. The van der Waals surface area contributed by atoms with Gasteiger partial charge in [-0.3, -0.25) is 4.79 Å². The highest BCUT2D eigenvalue weighted by Gasteiger charge is 2.44. The smallest absolute Gasteiger partial charge is 0.220 e. The lowest BCUT2D eigenvalue weighted by molar-refractivity contribution is -0.302. The van der Waals surface area contributed by atoms with Gasteiger partial charge in [-0.05, 0) is 38.5 Å². The maximum absolute atomic E-state index is 12.6. The highest BCUT2D eigenvalue weighted by atomic mass is 16.7. The van der Waals surface area contributed by atoms with Crippen molar-refractivity contribution in [3.63, 3.8) is 0 Å². The first-order chi connectivity index (χ1) is 18.8. The van der Waals surface area contributed by atoms with Crippen LogP contribution < -0.4 is 5.32 Å². The Balaban J connectivity index is 2.41. The van der Waals surface area contributed by atoms with Crippen molar-refractivity contribution < 1.29 is 39.8 Å². The van der Waals surface area contributed by atoms with Gasteiger partial charge in [-0.2, -0.15) is 0 Å². The van der Waals surface area contributed by atoms with E-state index in [2.05, 4.69) is 24.4 Å². The Bertz CT molecular complexity index is 671. The second kappa shape index (κ2) is 22.4. The van der Waals surface area contributed by atoms with Gasteiger partial charge in [0.15, 0.2) is 6.29 Å². The Labute approximate surface area is 235 Å². The van der Waals surface area contributed by atoms with Gasteiger partial charge in [0.25, 0.3) is 0 Å². The number of amides is 1. The van der Waals surface area contributed by atoms with Crippen molar-refractivity contribution >= 4 is 5.91 Å². The van der Waals surface area contributed by atoms with Gasteiger partial charge in [0.05, 0.1) is 25.4 Å². The Morgan fingerprint density at radius 1 is 0.846 bits per heavy atom. The van der Waals surface area contributed by atoms with E-state index in [1.54, 1.807) is 6.08 Å². The van der Waals surface area contributed by atoms with Crippen molar-refractivity contribution in [2.45, 2.75) is 147 Å². The molecule has 0 radical (unpaired) electrons. The summed E-state index contributed by atoms with van der Waals surface area (Å²) < 4.78 is 11.0. The summed E-state index contributed by atoms with van der Waals surface area (Å²) in [6.07, 6.45) is 14.5. The van der Waals surface area contributed by atoms with Crippen molar-refractivity contribution in [2.75, 3.05) is 13.2 Å². The molecule has 0 aromatic rings. The first-order valence-corrected chi connectivity index (χ1v) is 15.1. The van der Waals surface area contributed by atoms with Gasteiger partial charge in [0, 0.05) is 6.42 Å². The molecule has 39 heavy (non-hydrogen) atoms. The van der Waals surface area contributed by atoms with Gasteiger partial charge >= 0.3 is 0 Å². The van der Waals surface area contributed by atoms with E-state index >= 15 is 0 Å². The number of unbranched alkanes of at least 4 members (excludes halogenated alkanes) is 10. The van der Waals surface area contributed by atoms with Gasteiger partial charge in [0.1, 0.15) is 24.4 Å². The predicted molar refractivity (Wildman–Crippen MR) is 152 cm³/mol. The molecule has 1 saturated heterocycles. The minimum absolute atomic E-state index is 0.196. The van der Waals surface area contributed by atoms with Crippen molar-refractivity contribution in [1.29, 1.82) is 0 Å². The summed E-state index contributed by atoms with van der Waals surface area (Å²) in [6.45, 7) is 3.48. The average Bonchev–Trinajstić information content (AvgIpc) is 2.93. The van der Waals surface area contributed by atoms with Crippen LogP contribution in [0.5, 0.6) is 0 Å². The molecule has 7 unspecified atom stereocenters. The van der Waals surface area contributed by atoms with Gasteiger partial charge in [-0.1, -0.05) is 83.1 Å². The monoisotopic (exact) mass is 557 g/mol. The normalized spacial score (nSPS) is 25.4. The third kappa shape index (κ3) is 15.3. The molecule has 0 saturated carbocycles. The molecular weight excluding hydrogens is 502 g/mol. The van der Waals surface area contributed by atoms with Gasteiger partial charge in [-0.25, -0.2) is 0 Å². The molecule has 1 amide bonds. The molecule has 0 aliphatic carbocycles. The van der Waals surface area contributed by atoms with Crippen LogP contribution in [0.2, 0.25) is 0 Å². The minimum Gasteiger partial charge on any atom is -0.394 e. The predicted octanol–water partition coefficient (Wildman–Crippen LogP) is 3.26. The number of ether oxygens (including phenoxy) is 2. The second-order valence-electron chi connectivity index (χ2n) is 10.5. The van der Waals surface area contributed by atoms with Crippen LogP contribution in [0, 0.1) is 0 Å². The highest BCUT2D eigenvalue weighted by Crippen LogP contribution is 2.22. The number of hydrogen-bond acceptors (Lipinski definition) is 8. The summed E-state index contributed by atoms with van der Waals surface area (Å²) in [5.74, 6) is -0.202. The fourth-order valence-corrected chi connectivity index (χ4v) is 4.45. The van der Waals surface area contributed by atoms with Gasteiger partial charge < -0.3 is 40.3 Å². The quantitative estimate of drug-likeness (QED) is 0.0878. The molecule has 1 aliphatic heterocycles. The van der Waals surface area contributed by atoms with Crippen LogP contribution in [0.15, 0.2) is 24.3 Å². The lowest BCUT2D eigenvalue weighted by atomic mass is 9.99. The number of nitrogens with one attached hydrogen (secondary N) is 1. The first-order valence-electron chi connectivity index (χ1n) is 15.1. The third-order valence-electron chi connectivity index (χ3n) is 7.00. The highest BCUT2D eigenvalue weighted by molar-refractivity contribution is 5.76. The van der Waals surface area contributed by atoms with Crippen LogP contribution in [-0.4, -0.2) is 87.5 Å². The molecular formula is C30H55NO8. The van der Waals surface area contributed by atoms with E-state index in [9.17, 15) is 30.3 Å². The maximum Gasteiger partial charge on any atom is 0.220 e. The summed E-state index contributed by atoms with van der Waals surface area (Å²) in [7, 11) is 0. The number of carbonyl (C=O) groups excluding carboxylic acids is 1. The van der Waals surface area contributed by atoms with E-state index in [1.165, 1.54) is 32.1 Å². The fourth-order valence-electron chi connectivity index (χ4n) is 4.45. The lowest BCUT2D eigenvalue weighted by Crippen LogP contribution is -2.60. The zero-order valence-corrected chi connectivity index (χ0v) is 24.1. The van der Waals surface area contributed by atoms with Crippen LogP contribution in [0.1, 0.15) is 104 Å². The van der Waals surface area contributed by atoms with Crippen LogP contribution in [0.3, 0.4) is 0 Å². The van der Waals surface area contributed by atoms with E-state index in [1.807, 2.05) is 13.0 Å². The molecule has 6 N–H and O–H groups in total. The number of aliphatic hydroxyl groups excluding tert-OH is 5. The Morgan fingerprint density at radius 3 is 2.13 bits per heavy atom. The van der Waals surface area contributed by atoms with Crippen molar-refractivity contribution in [1.82, 2.24) is 5.32 Å². The molecule has 1 fully saturated rings. The van der Waals surface area contributed by atoms with Crippen molar-refractivity contribution in [3.05, 3.63) is 24.3 Å². The third-order valence-corrected chi connectivity index (χ3v) is 7.00. The Hall–Kier alpha value is -1.33. The molecule has 0 spiro atoms. The molecule has 9 nitrogen and oxygen atoms in total. The van der Waals surface area contributed by atoms with Gasteiger partial charge in [0.2, 0.25) is 5.91 Å². The van der Waals surface area contributed by atoms with Crippen LogP contribution >= 0.6 is 0 Å². The number of rotatable bonds is 22. The van der Waals surface area contributed by atoms with Crippen LogP contribution in [0.4, 0.5) is 0 Å². The van der Waals surface area contributed by atoms with E-state index in [-0.39, 0.29) is 12.5 Å². The number of allylic oxidation sites excluding steroid dienone is 3. The average molecular weight is 558 g/mol. The molecule has 228 valence electrons. The van der Waals surface area contributed by atoms with Crippen LogP contribution in [0.25, 0.3) is 0 Å². The molecule has 0 aromatic carbocycles. The molecule has 0 aromatic heterocycles. The molecule has 1 rings (SSSR count). The summed E-state index contributed by atoms with van der Waals surface area (Å²) >= 11 is 0. The molecule has 7 atom stereocenters. The first kappa shape index (κ1) is 35.7. The Kier molecular flexibility index (Phi) is 20.5. The number of hydrogen-bond donors (Lipinski definition) is 6. The topological polar surface area (TPSA) is 149 Å². The van der Waals surface area contributed by atoms with Crippen LogP contribution in [-0.2, 0) is 14.3 Å². The van der Waals surface area contributed by atoms with E-state index in [4.69, 9.17) is 9.47 Å². The minimum atomic E-state index is -1.56. The van der Waals surface area contributed by atoms with E-state index in [0.717, 1.165) is 51.4 Å². The number of aliphatic hydroxyl groups is 5. The fraction of sp³-hybridized carbons (Fsp3) is 0.833. The zero-order valence-electron chi connectivity index (χ0n) is 24.1. The summed E-state index contributed by atoms with van der Waals surface area (Å²) in [5.41, 5.74) is 0. The molecule has 1 heterocycles. The standard InChI is InChI=1S/C30H55NO8/c1-3-5-7-8-9-10-11-12-13-14-15-16-18-20-26(34)31-23(24(33)19-17-6-4-2)22-38-30-29(37)28(36)27(35)25(21-32)39-30/h10-11,17,19,23-25,27-30,32-33,35-37H,3-9,12-16,18,20-22H2,1-2H3,(H,31,34)/b11-10-,19-17+.